The Bertz CT molecular complexity index is 1650. The molecule has 0 spiro atoms. The lowest BCUT2D eigenvalue weighted by molar-refractivity contribution is -0.166. The van der Waals surface area contributed by atoms with E-state index >= 15 is 0 Å². The lowest BCUT2D eigenvalue weighted by Crippen LogP contribution is -2.30. The highest BCUT2D eigenvalue weighted by Crippen LogP contribution is 2.17. The molecule has 0 N–H and O–H groups in total. The van der Waals surface area contributed by atoms with Gasteiger partial charge in [-0.1, -0.05) is 316 Å². The predicted molar refractivity (Wildman–Crippen MR) is 348 cm³/mol. The molecule has 1 unspecified atom stereocenters. The quantitative estimate of drug-likeness (QED) is 0.0261. The molecule has 6 nitrogen and oxygen atoms in total. The topological polar surface area (TPSA) is 78.9 Å². The second kappa shape index (κ2) is 67.3. The largest absolute Gasteiger partial charge is 0.462 e. The highest BCUT2D eigenvalue weighted by molar-refractivity contribution is 5.71. The second-order valence-corrected chi connectivity index (χ2v) is 22.0. The van der Waals surface area contributed by atoms with E-state index in [1.165, 1.54) is 148 Å². The number of allylic oxidation sites excluding steroid dienone is 20. The van der Waals surface area contributed by atoms with Gasteiger partial charge < -0.3 is 14.2 Å². The zero-order chi connectivity index (χ0) is 57.8. The molecule has 0 bridgehead atoms. The number of carbonyl (C=O) groups excluding carboxylic acids is 3. The summed E-state index contributed by atoms with van der Waals surface area (Å²) in [5.74, 6) is -1.02. The minimum Gasteiger partial charge on any atom is -0.462 e. The average Bonchev–Trinajstić information content (AvgIpc) is 3.46. The van der Waals surface area contributed by atoms with Crippen LogP contribution in [0, 0.1) is 0 Å². The average molecular weight is 1110 g/mol. The Morgan fingerprint density at radius 3 is 0.812 bits per heavy atom. The van der Waals surface area contributed by atoms with Crippen molar-refractivity contribution >= 4 is 17.9 Å². The molecule has 0 saturated carbocycles. The van der Waals surface area contributed by atoms with E-state index in [0.29, 0.717) is 19.3 Å². The van der Waals surface area contributed by atoms with Crippen molar-refractivity contribution in [3.63, 3.8) is 0 Å². The van der Waals surface area contributed by atoms with Crippen molar-refractivity contribution < 1.29 is 28.6 Å². The van der Waals surface area contributed by atoms with Crippen molar-refractivity contribution in [3.8, 4) is 0 Å². The highest BCUT2D eigenvalue weighted by atomic mass is 16.6. The van der Waals surface area contributed by atoms with Crippen molar-refractivity contribution in [2.75, 3.05) is 13.2 Å². The SMILES string of the molecule is CC/C=C\C/C=C\C/C=C\C/C=C\C/C=C\C/C=C\CCC(=O)OC(COC(=O)CCCCCC/C=C\C/C=C\C/C=C\C/C=C\CC)COC(=O)CCCCCCCCCCCCCCCCCCCCCCCCCCCC. The lowest BCUT2D eigenvalue weighted by atomic mass is 10.0. The van der Waals surface area contributed by atoms with E-state index in [9.17, 15) is 14.4 Å². The first-order valence-corrected chi connectivity index (χ1v) is 33.5. The minimum atomic E-state index is -0.833. The van der Waals surface area contributed by atoms with Crippen molar-refractivity contribution in [1.29, 1.82) is 0 Å². The minimum absolute atomic E-state index is 0.117. The monoisotopic (exact) mass is 1110 g/mol. The summed E-state index contributed by atoms with van der Waals surface area (Å²) in [6.07, 6.45) is 93.8. The Morgan fingerprint density at radius 1 is 0.263 bits per heavy atom. The summed E-state index contributed by atoms with van der Waals surface area (Å²) in [6, 6.07) is 0. The van der Waals surface area contributed by atoms with Crippen LogP contribution in [-0.4, -0.2) is 37.2 Å². The van der Waals surface area contributed by atoms with Crippen LogP contribution in [0.2, 0.25) is 0 Å². The maximum atomic E-state index is 12.9. The fraction of sp³-hybridized carbons (Fsp3) is 0.689. The summed E-state index contributed by atoms with van der Waals surface area (Å²) in [5, 5.41) is 0. The molecular weight excluding hydrogens is 985 g/mol. The Labute approximate surface area is 494 Å². The van der Waals surface area contributed by atoms with Gasteiger partial charge >= 0.3 is 17.9 Å². The first kappa shape index (κ1) is 75.8. The smallest absolute Gasteiger partial charge is 0.306 e. The molecule has 0 aromatic carbocycles. The molecule has 0 fully saturated rings. The normalized spacial score (nSPS) is 12.9. The third kappa shape index (κ3) is 64.6. The number of carbonyl (C=O) groups is 3. The fourth-order valence-corrected chi connectivity index (χ4v) is 9.29. The van der Waals surface area contributed by atoms with Crippen molar-refractivity contribution in [3.05, 3.63) is 122 Å². The number of ether oxygens (including phenoxy) is 3. The van der Waals surface area contributed by atoms with Crippen LogP contribution in [0.3, 0.4) is 0 Å². The summed E-state index contributed by atoms with van der Waals surface area (Å²) in [4.78, 5) is 38.3. The van der Waals surface area contributed by atoms with E-state index in [-0.39, 0.29) is 31.6 Å². The Hall–Kier alpha value is -4.19. The molecule has 6 heteroatoms. The number of rotatable bonds is 60. The Morgan fingerprint density at radius 2 is 0.512 bits per heavy atom. The molecule has 0 aliphatic carbocycles. The first-order chi connectivity index (χ1) is 39.5. The molecule has 0 aromatic rings. The van der Waals surface area contributed by atoms with E-state index in [4.69, 9.17) is 14.2 Å². The van der Waals surface area contributed by atoms with Crippen molar-refractivity contribution in [2.24, 2.45) is 0 Å². The molecule has 1 atom stereocenters. The third-order valence-electron chi connectivity index (χ3n) is 14.2. The van der Waals surface area contributed by atoms with Crippen molar-refractivity contribution in [1.82, 2.24) is 0 Å². The van der Waals surface area contributed by atoms with Gasteiger partial charge in [-0.25, -0.2) is 0 Å². The predicted octanol–water partition coefficient (Wildman–Crippen LogP) is 23.2. The van der Waals surface area contributed by atoms with Gasteiger partial charge in [0.2, 0.25) is 0 Å². The fourth-order valence-electron chi connectivity index (χ4n) is 9.29. The first-order valence-electron chi connectivity index (χ1n) is 33.5. The molecule has 0 rings (SSSR count). The molecule has 0 aliphatic heterocycles. The maximum absolute atomic E-state index is 12.9. The van der Waals surface area contributed by atoms with E-state index in [1.807, 2.05) is 6.08 Å². The summed E-state index contributed by atoms with van der Waals surface area (Å²) in [6.45, 7) is 6.36. The molecule has 0 aliphatic rings. The molecule has 0 saturated heterocycles. The van der Waals surface area contributed by atoms with Crippen LogP contribution in [0.25, 0.3) is 0 Å². The molecule has 0 aromatic heterocycles. The van der Waals surface area contributed by atoms with Crippen LogP contribution in [0.5, 0.6) is 0 Å². The Kier molecular flexibility index (Phi) is 63.8. The summed E-state index contributed by atoms with van der Waals surface area (Å²) in [7, 11) is 0. The lowest BCUT2D eigenvalue weighted by Gasteiger charge is -2.18. The standard InChI is InChI=1S/C74H124O6/c1-4-7-10-13-16-19-22-25-28-31-33-34-35-36-37-38-39-41-43-46-49-52-55-58-61-64-67-73(76)79-70-71(69-78-72(75)66-63-60-57-54-51-48-45-42-30-27-24-21-18-15-12-9-6-3)80-74(77)68-65-62-59-56-53-50-47-44-40-32-29-26-23-20-17-14-11-8-5-2/h8-9,11-12,17-18,20-21,26-27,29-30,40,44-45,48,50,53,59,62,71H,4-7,10,13-16,19,22-25,28,31-39,41-43,46-47,49,51-52,54-58,60-61,63-70H2,1-3H3/b11-8-,12-9-,20-17-,21-18-,29-26-,30-27-,44-40-,48-45-,53-50-,62-59-. The van der Waals surface area contributed by atoms with Gasteiger partial charge in [-0.3, -0.25) is 14.4 Å². The van der Waals surface area contributed by atoms with E-state index < -0.39 is 12.1 Å². The number of hydrogen-bond donors (Lipinski definition) is 0. The van der Waals surface area contributed by atoms with Gasteiger partial charge in [0.05, 0.1) is 0 Å². The summed E-state index contributed by atoms with van der Waals surface area (Å²) < 4.78 is 16.9. The Balaban J connectivity index is 4.42. The van der Waals surface area contributed by atoms with Gasteiger partial charge in [-0.2, -0.15) is 0 Å². The van der Waals surface area contributed by atoms with Gasteiger partial charge in [0.1, 0.15) is 13.2 Å². The molecule has 456 valence electrons. The highest BCUT2D eigenvalue weighted by Gasteiger charge is 2.19. The molecular formula is C74H124O6. The second-order valence-electron chi connectivity index (χ2n) is 22.0. The van der Waals surface area contributed by atoms with Crippen LogP contribution >= 0.6 is 0 Å². The van der Waals surface area contributed by atoms with E-state index in [0.717, 1.165) is 116 Å². The zero-order valence-electron chi connectivity index (χ0n) is 52.3. The molecule has 0 radical (unpaired) electrons. The number of hydrogen-bond acceptors (Lipinski definition) is 6. The number of unbranched alkanes of at least 4 members (excludes halogenated alkanes) is 29. The third-order valence-corrected chi connectivity index (χ3v) is 14.2. The number of esters is 3. The van der Waals surface area contributed by atoms with E-state index in [2.05, 4.69) is 136 Å². The molecule has 0 amide bonds. The van der Waals surface area contributed by atoms with Gasteiger partial charge in [0.15, 0.2) is 6.10 Å². The molecule has 80 heavy (non-hydrogen) atoms. The summed E-state index contributed by atoms with van der Waals surface area (Å²) >= 11 is 0. The van der Waals surface area contributed by atoms with Gasteiger partial charge in [-0.15, -0.1) is 0 Å². The summed E-state index contributed by atoms with van der Waals surface area (Å²) in [5.41, 5.74) is 0. The molecule has 0 heterocycles. The van der Waals surface area contributed by atoms with Crippen LogP contribution in [0.4, 0.5) is 0 Å². The zero-order valence-corrected chi connectivity index (χ0v) is 52.3. The van der Waals surface area contributed by atoms with Crippen molar-refractivity contribution in [2.45, 2.75) is 316 Å². The van der Waals surface area contributed by atoms with Crippen LogP contribution < -0.4 is 0 Å². The van der Waals surface area contributed by atoms with E-state index in [1.54, 1.807) is 0 Å². The van der Waals surface area contributed by atoms with Crippen LogP contribution in [-0.2, 0) is 28.6 Å². The maximum Gasteiger partial charge on any atom is 0.306 e. The van der Waals surface area contributed by atoms with Crippen LogP contribution in [0.1, 0.15) is 310 Å². The van der Waals surface area contributed by atoms with Crippen LogP contribution in [0.15, 0.2) is 122 Å². The van der Waals surface area contributed by atoms with Gasteiger partial charge in [-0.05, 0) is 96.3 Å². The van der Waals surface area contributed by atoms with Gasteiger partial charge in [0, 0.05) is 19.3 Å². The van der Waals surface area contributed by atoms with Gasteiger partial charge in [0.25, 0.3) is 0 Å².